The van der Waals surface area contributed by atoms with E-state index in [2.05, 4.69) is 16.4 Å². The summed E-state index contributed by atoms with van der Waals surface area (Å²) < 4.78 is 5.40. The predicted molar refractivity (Wildman–Crippen MR) is 131 cm³/mol. The van der Waals surface area contributed by atoms with E-state index in [-0.39, 0.29) is 18.2 Å². The average Bonchev–Trinajstić information content (AvgIpc) is 3.19. The van der Waals surface area contributed by atoms with Gasteiger partial charge in [-0.2, -0.15) is 5.26 Å². The van der Waals surface area contributed by atoms with E-state index in [0.29, 0.717) is 42.9 Å². The molecule has 2 amide bonds. The van der Waals surface area contributed by atoms with Gasteiger partial charge in [-0.15, -0.1) is 11.3 Å². The van der Waals surface area contributed by atoms with E-state index in [1.807, 2.05) is 42.2 Å². The lowest BCUT2D eigenvalue weighted by Gasteiger charge is -2.27. The normalized spacial score (nSPS) is 12.6. The number of amides is 2. The first-order valence-corrected chi connectivity index (χ1v) is 11.9. The van der Waals surface area contributed by atoms with E-state index in [0.717, 1.165) is 32.9 Å². The van der Waals surface area contributed by atoms with Crippen molar-refractivity contribution in [3.05, 3.63) is 75.4 Å². The Balaban J connectivity index is 1.42. The number of rotatable bonds is 7. The van der Waals surface area contributed by atoms with Gasteiger partial charge < -0.3 is 15.0 Å². The third kappa shape index (κ3) is 5.26. The number of ether oxygens (including phenoxy) is 1. The second-order valence-corrected chi connectivity index (χ2v) is 9.39. The Kier molecular flexibility index (Phi) is 7.24. The first-order chi connectivity index (χ1) is 16.5. The van der Waals surface area contributed by atoms with Gasteiger partial charge >= 0.3 is 0 Å². The first kappa shape index (κ1) is 23.5. The Morgan fingerprint density at radius 2 is 2.18 bits per heavy atom. The van der Waals surface area contributed by atoms with Gasteiger partial charge in [0, 0.05) is 30.2 Å². The SMILES string of the molecule is COc1ccc(C)cc1CCC(=O)Nc1sc2c(c1C#N)CCN(C(=O)Cc1cccnc1)C2. The second-order valence-electron chi connectivity index (χ2n) is 8.29. The van der Waals surface area contributed by atoms with Gasteiger partial charge in [0.2, 0.25) is 11.8 Å². The van der Waals surface area contributed by atoms with Crippen LogP contribution in [0.3, 0.4) is 0 Å². The molecule has 1 N–H and O–H groups in total. The fraction of sp³-hybridized carbons (Fsp3) is 0.308. The molecular weight excluding hydrogens is 448 g/mol. The third-order valence-corrected chi connectivity index (χ3v) is 7.04. The number of pyridine rings is 1. The highest BCUT2D eigenvalue weighted by atomic mass is 32.1. The highest BCUT2D eigenvalue weighted by Crippen LogP contribution is 2.37. The van der Waals surface area contributed by atoms with Crippen LogP contribution in [-0.2, 0) is 35.4 Å². The van der Waals surface area contributed by atoms with Crippen LogP contribution in [-0.4, -0.2) is 35.4 Å². The Morgan fingerprint density at radius 1 is 1.32 bits per heavy atom. The van der Waals surface area contributed by atoms with Gasteiger partial charge in [-0.05, 0) is 48.6 Å². The van der Waals surface area contributed by atoms with Gasteiger partial charge in [-0.1, -0.05) is 23.8 Å². The molecule has 3 heterocycles. The molecule has 1 aliphatic rings. The minimum absolute atomic E-state index is 0.0308. The molecule has 3 aromatic rings. The molecule has 0 saturated carbocycles. The molecule has 0 radical (unpaired) electrons. The van der Waals surface area contributed by atoms with Crippen LogP contribution in [0.4, 0.5) is 5.00 Å². The molecule has 0 saturated heterocycles. The molecule has 0 atom stereocenters. The molecule has 7 nitrogen and oxygen atoms in total. The maximum Gasteiger partial charge on any atom is 0.227 e. The number of hydrogen-bond donors (Lipinski definition) is 1. The van der Waals surface area contributed by atoms with Gasteiger partial charge in [0.05, 0.1) is 25.6 Å². The highest BCUT2D eigenvalue weighted by Gasteiger charge is 2.27. The average molecular weight is 475 g/mol. The number of benzene rings is 1. The lowest BCUT2D eigenvalue weighted by Crippen LogP contribution is -2.36. The fourth-order valence-electron chi connectivity index (χ4n) is 4.15. The van der Waals surface area contributed by atoms with Crippen molar-refractivity contribution in [2.45, 2.75) is 39.2 Å². The molecule has 174 valence electrons. The molecule has 2 aromatic heterocycles. The number of fused-ring (bicyclic) bond motifs is 1. The molecule has 0 fully saturated rings. The second kappa shape index (κ2) is 10.5. The topological polar surface area (TPSA) is 95.3 Å². The predicted octanol–water partition coefficient (Wildman–Crippen LogP) is 4.03. The number of nitrogens with one attached hydrogen (secondary N) is 1. The van der Waals surface area contributed by atoms with Gasteiger partial charge in [0.15, 0.2) is 0 Å². The Bertz CT molecular complexity index is 1250. The third-order valence-electron chi connectivity index (χ3n) is 5.91. The van der Waals surface area contributed by atoms with Crippen LogP contribution < -0.4 is 10.1 Å². The summed E-state index contributed by atoms with van der Waals surface area (Å²) >= 11 is 1.39. The van der Waals surface area contributed by atoms with E-state index >= 15 is 0 Å². The van der Waals surface area contributed by atoms with Crippen LogP contribution in [0.2, 0.25) is 0 Å². The number of aryl methyl sites for hydroxylation is 2. The summed E-state index contributed by atoms with van der Waals surface area (Å²) in [7, 11) is 1.62. The summed E-state index contributed by atoms with van der Waals surface area (Å²) in [6.07, 6.45) is 5.11. The number of aromatic nitrogens is 1. The zero-order valence-electron chi connectivity index (χ0n) is 19.3. The van der Waals surface area contributed by atoms with Crippen molar-refractivity contribution < 1.29 is 14.3 Å². The van der Waals surface area contributed by atoms with Gasteiger partial charge in [0.1, 0.15) is 16.8 Å². The van der Waals surface area contributed by atoms with Crippen LogP contribution in [0.5, 0.6) is 5.75 Å². The van der Waals surface area contributed by atoms with Gasteiger partial charge in [0.25, 0.3) is 0 Å². The smallest absolute Gasteiger partial charge is 0.227 e. The molecule has 0 unspecified atom stereocenters. The number of hydrogen-bond acceptors (Lipinski definition) is 6. The summed E-state index contributed by atoms with van der Waals surface area (Å²) in [6, 6.07) is 11.9. The molecular formula is C26H26N4O3S. The summed E-state index contributed by atoms with van der Waals surface area (Å²) in [5.74, 6) is 0.644. The first-order valence-electron chi connectivity index (χ1n) is 11.1. The van der Waals surface area contributed by atoms with E-state index in [9.17, 15) is 14.9 Å². The largest absolute Gasteiger partial charge is 0.496 e. The van der Waals surface area contributed by atoms with E-state index in [1.165, 1.54) is 11.3 Å². The zero-order chi connectivity index (χ0) is 24.1. The van der Waals surface area contributed by atoms with Crippen LogP contribution >= 0.6 is 11.3 Å². The number of anilines is 1. The summed E-state index contributed by atoms with van der Waals surface area (Å²) in [5.41, 5.74) is 4.41. The van der Waals surface area contributed by atoms with Crippen molar-refractivity contribution in [2.75, 3.05) is 19.0 Å². The van der Waals surface area contributed by atoms with Crippen molar-refractivity contribution in [1.82, 2.24) is 9.88 Å². The lowest BCUT2D eigenvalue weighted by atomic mass is 10.0. The van der Waals surface area contributed by atoms with E-state index < -0.39 is 0 Å². The quantitative estimate of drug-likeness (QED) is 0.558. The van der Waals surface area contributed by atoms with Crippen molar-refractivity contribution in [3.63, 3.8) is 0 Å². The maximum atomic E-state index is 12.8. The molecule has 0 aliphatic carbocycles. The monoisotopic (exact) mass is 474 g/mol. The van der Waals surface area contributed by atoms with Crippen molar-refractivity contribution >= 4 is 28.2 Å². The number of thiophene rings is 1. The molecule has 0 spiro atoms. The Morgan fingerprint density at radius 3 is 2.91 bits per heavy atom. The van der Waals surface area contributed by atoms with Crippen LogP contribution in [0.25, 0.3) is 0 Å². The number of carbonyl (C=O) groups excluding carboxylic acids is 2. The van der Waals surface area contributed by atoms with Crippen molar-refractivity contribution in [3.8, 4) is 11.8 Å². The number of carbonyl (C=O) groups is 2. The van der Waals surface area contributed by atoms with E-state index in [1.54, 1.807) is 19.5 Å². The molecule has 4 rings (SSSR count). The molecule has 1 aromatic carbocycles. The van der Waals surface area contributed by atoms with Crippen molar-refractivity contribution in [2.24, 2.45) is 0 Å². The molecule has 34 heavy (non-hydrogen) atoms. The number of nitriles is 1. The highest BCUT2D eigenvalue weighted by molar-refractivity contribution is 7.16. The molecule has 1 aliphatic heterocycles. The van der Waals surface area contributed by atoms with Crippen LogP contribution in [0, 0.1) is 18.3 Å². The van der Waals surface area contributed by atoms with Gasteiger partial charge in [-0.25, -0.2) is 0 Å². The Labute approximate surface area is 203 Å². The molecule has 8 heteroatoms. The standard InChI is InChI=1S/C26H26N4O3S/c1-17-5-7-22(33-2)19(12-17)6-8-24(31)29-26-21(14-27)20-9-11-30(16-23(20)34-26)25(32)13-18-4-3-10-28-15-18/h3-5,7,10,12,15H,6,8-9,11,13,16H2,1-2H3,(H,29,31). The van der Waals surface area contributed by atoms with Crippen molar-refractivity contribution in [1.29, 1.82) is 5.26 Å². The molecule has 0 bridgehead atoms. The lowest BCUT2D eigenvalue weighted by molar-refractivity contribution is -0.131. The zero-order valence-corrected chi connectivity index (χ0v) is 20.1. The van der Waals surface area contributed by atoms with Gasteiger partial charge in [-0.3, -0.25) is 14.6 Å². The Hall–Kier alpha value is -3.70. The minimum Gasteiger partial charge on any atom is -0.496 e. The number of nitrogens with zero attached hydrogens (tertiary/aromatic N) is 3. The maximum absolute atomic E-state index is 12.8. The summed E-state index contributed by atoms with van der Waals surface area (Å²) in [6.45, 7) is 3.01. The number of methoxy groups -OCH3 is 1. The summed E-state index contributed by atoms with van der Waals surface area (Å²) in [4.78, 5) is 32.3. The van der Waals surface area contributed by atoms with E-state index in [4.69, 9.17) is 4.74 Å². The summed E-state index contributed by atoms with van der Waals surface area (Å²) in [5, 5.41) is 13.2. The fourth-order valence-corrected chi connectivity index (χ4v) is 5.38. The minimum atomic E-state index is -0.150. The van der Waals surface area contributed by atoms with Crippen LogP contribution in [0.15, 0.2) is 42.7 Å². The van der Waals surface area contributed by atoms with Crippen LogP contribution in [0.1, 0.15) is 39.1 Å².